The Morgan fingerprint density at radius 3 is 2.25 bits per heavy atom. The first-order chi connectivity index (χ1) is 11.6. The Balaban J connectivity index is 1.48. The second-order valence-electron chi connectivity index (χ2n) is 6.14. The Morgan fingerprint density at radius 1 is 1.08 bits per heavy atom. The number of anilines is 1. The summed E-state index contributed by atoms with van der Waals surface area (Å²) in [5.74, 6) is -0.668. The molecule has 0 spiro atoms. The van der Waals surface area contributed by atoms with E-state index in [0.29, 0.717) is 25.8 Å². The third kappa shape index (κ3) is 3.59. The van der Waals surface area contributed by atoms with E-state index in [9.17, 15) is 14.4 Å². The highest BCUT2D eigenvalue weighted by atomic mass is 79.9. The zero-order valence-corrected chi connectivity index (χ0v) is 14.8. The van der Waals surface area contributed by atoms with Crippen molar-refractivity contribution in [2.45, 2.75) is 25.7 Å². The van der Waals surface area contributed by atoms with Crippen molar-refractivity contribution in [1.82, 2.24) is 4.90 Å². The van der Waals surface area contributed by atoms with E-state index in [4.69, 9.17) is 0 Å². The van der Waals surface area contributed by atoms with Gasteiger partial charge < -0.3 is 5.32 Å². The fourth-order valence-electron chi connectivity index (χ4n) is 3.24. The second kappa shape index (κ2) is 7.30. The Hall–Kier alpha value is -1.95. The Kier molecular flexibility index (Phi) is 5.14. The Morgan fingerprint density at radius 2 is 1.67 bits per heavy atom. The van der Waals surface area contributed by atoms with Crippen LogP contribution in [-0.2, 0) is 14.4 Å². The first-order valence-corrected chi connectivity index (χ1v) is 8.91. The number of hydrogen-bond acceptors (Lipinski definition) is 3. The van der Waals surface area contributed by atoms with Crippen LogP contribution in [0.3, 0.4) is 0 Å². The maximum atomic E-state index is 12.3. The summed E-state index contributed by atoms with van der Waals surface area (Å²) < 4.78 is 0.947. The molecular formula is C18H19BrN2O3. The van der Waals surface area contributed by atoms with Crippen molar-refractivity contribution in [3.05, 3.63) is 40.9 Å². The average molecular weight is 391 g/mol. The number of fused-ring (bicyclic) bond motifs is 1. The monoisotopic (exact) mass is 390 g/mol. The molecule has 3 rings (SSSR count). The zero-order valence-electron chi connectivity index (χ0n) is 13.2. The van der Waals surface area contributed by atoms with Crippen molar-refractivity contribution < 1.29 is 14.4 Å². The van der Waals surface area contributed by atoms with Crippen molar-refractivity contribution in [2.75, 3.05) is 11.9 Å². The van der Waals surface area contributed by atoms with E-state index in [1.54, 1.807) is 0 Å². The summed E-state index contributed by atoms with van der Waals surface area (Å²) in [6, 6.07) is 7.33. The number of carbonyl (C=O) groups excluding carboxylic acids is 3. The number of carbonyl (C=O) groups is 3. The Labute approximate surface area is 149 Å². The summed E-state index contributed by atoms with van der Waals surface area (Å²) in [5, 5.41) is 2.81. The molecule has 1 aliphatic carbocycles. The van der Waals surface area contributed by atoms with Gasteiger partial charge in [0.25, 0.3) is 0 Å². The fraction of sp³-hybridized carbons (Fsp3) is 0.389. The van der Waals surface area contributed by atoms with E-state index in [0.717, 1.165) is 10.2 Å². The van der Waals surface area contributed by atoms with Crippen LogP contribution in [0.15, 0.2) is 40.9 Å². The van der Waals surface area contributed by atoms with Gasteiger partial charge in [0.15, 0.2) is 0 Å². The van der Waals surface area contributed by atoms with Gasteiger partial charge in [0.2, 0.25) is 17.7 Å². The lowest BCUT2D eigenvalue weighted by molar-refractivity contribution is -0.140. The summed E-state index contributed by atoms with van der Waals surface area (Å²) in [6.07, 6.45) is 6.00. The smallest absolute Gasteiger partial charge is 0.233 e. The van der Waals surface area contributed by atoms with E-state index in [-0.39, 0.29) is 36.0 Å². The summed E-state index contributed by atoms with van der Waals surface area (Å²) in [7, 11) is 0. The predicted octanol–water partition coefficient (Wildman–Crippen LogP) is 3.12. The average Bonchev–Trinajstić information content (AvgIpc) is 2.82. The molecule has 1 aliphatic heterocycles. The van der Waals surface area contributed by atoms with Gasteiger partial charge in [-0.05, 0) is 43.5 Å². The number of amides is 3. The van der Waals surface area contributed by atoms with Gasteiger partial charge >= 0.3 is 0 Å². The van der Waals surface area contributed by atoms with Crippen LogP contribution >= 0.6 is 15.9 Å². The van der Waals surface area contributed by atoms with Gasteiger partial charge in [0, 0.05) is 23.1 Å². The summed E-state index contributed by atoms with van der Waals surface area (Å²) >= 11 is 3.34. The number of benzene rings is 1. The van der Waals surface area contributed by atoms with Crippen LogP contribution in [0.1, 0.15) is 25.7 Å². The third-order valence-corrected chi connectivity index (χ3v) is 5.04. The van der Waals surface area contributed by atoms with E-state index in [1.807, 2.05) is 36.4 Å². The van der Waals surface area contributed by atoms with Crippen LogP contribution in [0.5, 0.6) is 0 Å². The number of rotatable bonds is 5. The van der Waals surface area contributed by atoms with Crippen molar-refractivity contribution in [3.8, 4) is 0 Å². The molecule has 2 aliphatic rings. The number of nitrogens with one attached hydrogen (secondary N) is 1. The molecule has 1 N–H and O–H groups in total. The van der Waals surface area contributed by atoms with Crippen LogP contribution in [0.25, 0.3) is 0 Å². The number of nitrogens with zero attached hydrogens (tertiary/aromatic N) is 1. The topological polar surface area (TPSA) is 66.5 Å². The first kappa shape index (κ1) is 16.9. The van der Waals surface area contributed by atoms with Crippen LogP contribution in [0, 0.1) is 11.8 Å². The van der Waals surface area contributed by atoms with Crippen molar-refractivity contribution in [1.29, 1.82) is 0 Å². The van der Waals surface area contributed by atoms with Crippen molar-refractivity contribution in [3.63, 3.8) is 0 Å². The van der Waals surface area contributed by atoms with Crippen LogP contribution in [0.4, 0.5) is 5.69 Å². The predicted molar refractivity (Wildman–Crippen MR) is 94.1 cm³/mol. The standard InChI is InChI=1S/C18H19BrN2O3/c19-12-7-9-13(10-8-12)20-16(22)6-3-11-21-17(23)14-4-1-2-5-15(14)18(21)24/h1-2,7-10,14-15H,3-6,11H2,(H,20,22)/t14-,15-/m1/s1. The van der Waals surface area contributed by atoms with Crippen molar-refractivity contribution in [2.24, 2.45) is 11.8 Å². The summed E-state index contributed by atoms with van der Waals surface area (Å²) in [5.41, 5.74) is 0.730. The molecule has 0 aromatic heterocycles. The van der Waals surface area contributed by atoms with E-state index >= 15 is 0 Å². The molecule has 126 valence electrons. The maximum Gasteiger partial charge on any atom is 0.233 e. The van der Waals surface area contributed by atoms with Crippen LogP contribution < -0.4 is 5.32 Å². The van der Waals surface area contributed by atoms with Crippen LogP contribution in [0.2, 0.25) is 0 Å². The molecule has 5 nitrogen and oxygen atoms in total. The quantitative estimate of drug-likeness (QED) is 0.620. The van der Waals surface area contributed by atoms with Gasteiger partial charge in [0.05, 0.1) is 11.8 Å². The minimum Gasteiger partial charge on any atom is -0.326 e. The SMILES string of the molecule is O=C(CCCN1C(=O)[C@@H]2CC=CC[C@H]2C1=O)Nc1ccc(Br)cc1. The molecule has 1 fully saturated rings. The molecule has 0 unspecified atom stereocenters. The molecule has 24 heavy (non-hydrogen) atoms. The molecule has 1 aromatic carbocycles. The molecule has 2 atom stereocenters. The highest BCUT2D eigenvalue weighted by Crippen LogP contribution is 2.35. The number of hydrogen-bond donors (Lipinski definition) is 1. The molecule has 0 saturated carbocycles. The number of imide groups is 1. The van der Waals surface area contributed by atoms with E-state index in [1.165, 1.54) is 4.90 Å². The first-order valence-electron chi connectivity index (χ1n) is 8.12. The van der Waals surface area contributed by atoms with Gasteiger partial charge in [-0.1, -0.05) is 28.1 Å². The highest BCUT2D eigenvalue weighted by Gasteiger charge is 2.46. The van der Waals surface area contributed by atoms with Gasteiger partial charge in [-0.2, -0.15) is 0 Å². The molecule has 0 bridgehead atoms. The zero-order chi connectivity index (χ0) is 17.1. The highest BCUT2D eigenvalue weighted by molar-refractivity contribution is 9.10. The summed E-state index contributed by atoms with van der Waals surface area (Å²) in [6.45, 7) is 0.318. The molecule has 1 aromatic rings. The molecule has 1 heterocycles. The van der Waals surface area contributed by atoms with Gasteiger partial charge in [-0.15, -0.1) is 0 Å². The van der Waals surface area contributed by atoms with Gasteiger partial charge in [-0.3, -0.25) is 19.3 Å². The van der Waals surface area contributed by atoms with E-state index < -0.39 is 0 Å². The molecule has 1 saturated heterocycles. The van der Waals surface area contributed by atoms with E-state index in [2.05, 4.69) is 21.2 Å². The normalized spacial score (nSPS) is 22.6. The van der Waals surface area contributed by atoms with Crippen molar-refractivity contribution >= 4 is 39.3 Å². The lowest BCUT2D eigenvalue weighted by Gasteiger charge is -2.14. The third-order valence-electron chi connectivity index (χ3n) is 4.51. The minimum absolute atomic E-state index is 0.0809. The number of halogens is 1. The number of allylic oxidation sites excluding steroid dienone is 2. The number of likely N-dealkylation sites (tertiary alicyclic amines) is 1. The van der Waals surface area contributed by atoms with Crippen LogP contribution in [-0.4, -0.2) is 29.2 Å². The molecule has 3 amide bonds. The molecule has 0 radical (unpaired) electrons. The summed E-state index contributed by atoms with van der Waals surface area (Å²) in [4.78, 5) is 37.9. The molecular weight excluding hydrogens is 372 g/mol. The van der Waals surface area contributed by atoms with Gasteiger partial charge in [-0.25, -0.2) is 0 Å². The molecule has 6 heteroatoms. The van der Waals surface area contributed by atoms with Gasteiger partial charge in [0.1, 0.15) is 0 Å². The lowest BCUT2D eigenvalue weighted by Crippen LogP contribution is -2.32. The maximum absolute atomic E-state index is 12.3. The largest absolute Gasteiger partial charge is 0.326 e. The second-order valence-corrected chi connectivity index (χ2v) is 7.06. The Bertz CT molecular complexity index is 658. The lowest BCUT2D eigenvalue weighted by atomic mass is 9.85. The fourth-order valence-corrected chi connectivity index (χ4v) is 3.51. The minimum atomic E-state index is -0.195.